The molecule has 0 aliphatic heterocycles. The molecule has 0 aliphatic carbocycles. The van der Waals surface area contributed by atoms with E-state index in [-0.39, 0.29) is 0 Å². The van der Waals surface area contributed by atoms with E-state index in [1.807, 2.05) is 18.2 Å². The second-order valence-corrected chi connectivity index (χ2v) is 6.35. The highest BCUT2D eigenvalue weighted by Crippen LogP contribution is 2.36. The van der Waals surface area contributed by atoms with E-state index < -0.39 is 12.6 Å². The van der Waals surface area contributed by atoms with E-state index >= 15 is 0 Å². The normalized spacial score (nSPS) is 10.6. The number of carboxylic acid groups (broad SMARTS) is 1. The van der Waals surface area contributed by atoms with Crippen LogP contribution in [0.4, 0.5) is 0 Å². The summed E-state index contributed by atoms with van der Waals surface area (Å²) in [6, 6.07) is 9.07. The van der Waals surface area contributed by atoms with Crippen LogP contribution in [0.15, 0.2) is 39.9 Å². The lowest BCUT2D eigenvalue weighted by molar-refractivity contribution is -0.139. The predicted molar refractivity (Wildman–Crippen MR) is 108 cm³/mol. The molecule has 0 bridgehead atoms. The van der Waals surface area contributed by atoms with Crippen LogP contribution in [-0.4, -0.2) is 45.2 Å². The first kappa shape index (κ1) is 21.4. The zero-order chi connectivity index (χ0) is 20.5. The fourth-order valence-corrected chi connectivity index (χ4v) is 2.91. The number of hydrogen-bond donors (Lipinski definition) is 2. The van der Waals surface area contributed by atoms with Crippen molar-refractivity contribution >= 4 is 28.1 Å². The van der Waals surface area contributed by atoms with Crippen LogP contribution in [0.25, 0.3) is 0 Å². The molecule has 9 heteroatoms. The first-order valence-electron chi connectivity index (χ1n) is 8.17. The Kier molecular flexibility index (Phi) is 7.94. The van der Waals surface area contributed by atoms with Gasteiger partial charge < -0.3 is 29.5 Å². The summed E-state index contributed by atoms with van der Waals surface area (Å²) in [5.74, 6) is 0.963. The molecule has 0 heterocycles. The number of carboxylic acids is 1. The van der Waals surface area contributed by atoms with Crippen LogP contribution in [0.5, 0.6) is 23.0 Å². The van der Waals surface area contributed by atoms with Crippen molar-refractivity contribution in [3.05, 3.63) is 45.9 Å². The highest BCUT2D eigenvalue weighted by Gasteiger charge is 2.12. The molecule has 0 spiro atoms. The summed E-state index contributed by atoms with van der Waals surface area (Å²) in [5.41, 5.74) is 4.68. The number of nitrogens with one attached hydrogen (secondary N) is 1. The highest BCUT2D eigenvalue weighted by molar-refractivity contribution is 9.10. The molecule has 0 aliphatic rings. The van der Waals surface area contributed by atoms with Gasteiger partial charge >= 0.3 is 5.97 Å². The standard InChI is InChI=1S/C19H21BrN2O6/c1-25-15-5-4-12(7-16(15)26-2)9-21-22-10-13-6-14(20)19(17(8-13)27-3)28-11-18(23)24/h4-8,10,21H,9,11H2,1-3H3,(H,23,24)/b22-10+. The first-order chi connectivity index (χ1) is 13.5. The van der Waals surface area contributed by atoms with Crippen LogP contribution < -0.4 is 24.4 Å². The minimum absolute atomic E-state index is 0.320. The van der Waals surface area contributed by atoms with E-state index in [0.29, 0.717) is 34.0 Å². The largest absolute Gasteiger partial charge is 0.493 e. The Balaban J connectivity index is 2.04. The fraction of sp³-hybridized carbons (Fsp3) is 0.263. The average molecular weight is 453 g/mol. The fourth-order valence-electron chi connectivity index (χ4n) is 2.34. The maximum Gasteiger partial charge on any atom is 0.341 e. The van der Waals surface area contributed by atoms with Gasteiger partial charge in [0, 0.05) is 0 Å². The number of methoxy groups -OCH3 is 3. The number of hydrazone groups is 1. The van der Waals surface area contributed by atoms with Crippen LogP contribution >= 0.6 is 15.9 Å². The molecule has 150 valence electrons. The van der Waals surface area contributed by atoms with Gasteiger partial charge in [0.2, 0.25) is 0 Å². The molecule has 0 fully saturated rings. The Morgan fingerprint density at radius 1 is 1.11 bits per heavy atom. The van der Waals surface area contributed by atoms with Gasteiger partial charge in [-0.3, -0.25) is 0 Å². The number of rotatable bonds is 10. The summed E-state index contributed by atoms with van der Waals surface area (Å²) in [5, 5.41) is 13.0. The van der Waals surface area contributed by atoms with E-state index in [9.17, 15) is 4.79 Å². The van der Waals surface area contributed by atoms with Crippen LogP contribution in [0, 0.1) is 0 Å². The zero-order valence-corrected chi connectivity index (χ0v) is 17.3. The van der Waals surface area contributed by atoms with E-state index in [0.717, 1.165) is 11.1 Å². The molecular weight excluding hydrogens is 432 g/mol. The molecular formula is C19H21BrN2O6. The van der Waals surface area contributed by atoms with Gasteiger partial charge in [-0.1, -0.05) is 6.07 Å². The van der Waals surface area contributed by atoms with Gasteiger partial charge in [0.1, 0.15) is 0 Å². The Morgan fingerprint density at radius 3 is 2.46 bits per heavy atom. The summed E-state index contributed by atoms with van der Waals surface area (Å²) in [6.45, 7) is 0.0320. The molecule has 0 unspecified atom stereocenters. The third-order valence-electron chi connectivity index (χ3n) is 3.63. The van der Waals surface area contributed by atoms with E-state index in [4.69, 9.17) is 24.1 Å². The van der Waals surface area contributed by atoms with E-state index in [2.05, 4.69) is 26.5 Å². The number of halogens is 1. The van der Waals surface area contributed by atoms with Crippen molar-refractivity contribution in [2.45, 2.75) is 6.54 Å². The molecule has 0 saturated heterocycles. The zero-order valence-electron chi connectivity index (χ0n) is 15.7. The van der Waals surface area contributed by atoms with Crippen LogP contribution in [-0.2, 0) is 11.3 Å². The number of hydrogen-bond acceptors (Lipinski definition) is 7. The highest BCUT2D eigenvalue weighted by atomic mass is 79.9. The number of aliphatic carboxylic acids is 1. The van der Waals surface area contributed by atoms with Gasteiger partial charge in [-0.25, -0.2) is 4.79 Å². The minimum Gasteiger partial charge on any atom is -0.493 e. The van der Waals surface area contributed by atoms with Crippen molar-refractivity contribution in [2.75, 3.05) is 27.9 Å². The molecule has 2 aromatic carbocycles. The van der Waals surface area contributed by atoms with Gasteiger partial charge in [0.05, 0.1) is 38.6 Å². The summed E-state index contributed by atoms with van der Waals surface area (Å²) in [4.78, 5) is 10.7. The lowest BCUT2D eigenvalue weighted by Gasteiger charge is -2.12. The second-order valence-electron chi connectivity index (χ2n) is 5.50. The van der Waals surface area contributed by atoms with Gasteiger partial charge in [0.15, 0.2) is 29.6 Å². The summed E-state index contributed by atoms with van der Waals surface area (Å²) < 4.78 is 21.6. The molecule has 2 rings (SSSR count). The van der Waals surface area contributed by atoms with Crippen LogP contribution in [0.1, 0.15) is 11.1 Å². The molecule has 0 saturated carbocycles. The predicted octanol–water partition coefficient (Wildman–Crippen LogP) is 3.06. The number of nitrogens with zero attached hydrogens (tertiary/aromatic N) is 1. The minimum atomic E-state index is -1.07. The Bertz CT molecular complexity index is 857. The van der Waals surface area contributed by atoms with Gasteiger partial charge in [-0.15, -0.1) is 0 Å². The average Bonchev–Trinajstić information content (AvgIpc) is 2.69. The smallest absolute Gasteiger partial charge is 0.341 e. The molecule has 8 nitrogen and oxygen atoms in total. The Hall–Kier alpha value is -2.94. The van der Waals surface area contributed by atoms with Gasteiger partial charge in [-0.2, -0.15) is 5.10 Å². The number of carbonyl (C=O) groups is 1. The summed E-state index contributed by atoms with van der Waals surface area (Å²) >= 11 is 3.36. The van der Waals surface area contributed by atoms with Crippen molar-refractivity contribution in [1.82, 2.24) is 5.43 Å². The van der Waals surface area contributed by atoms with Gasteiger partial charge in [0.25, 0.3) is 0 Å². The Labute approximate surface area is 171 Å². The van der Waals surface area contributed by atoms with E-state index in [1.54, 1.807) is 32.6 Å². The molecule has 28 heavy (non-hydrogen) atoms. The maximum atomic E-state index is 10.7. The van der Waals surface area contributed by atoms with Crippen molar-refractivity contribution < 1.29 is 28.8 Å². The Morgan fingerprint density at radius 2 is 1.82 bits per heavy atom. The topological polar surface area (TPSA) is 98.6 Å². The molecule has 2 aromatic rings. The third-order valence-corrected chi connectivity index (χ3v) is 4.22. The third kappa shape index (κ3) is 5.78. The van der Waals surface area contributed by atoms with Crippen LogP contribution in [0.3, 0.4) is 0 Å². The number of benzene rings is 2. The van der Waals surface area contributed by atoms with Gasteiger partial charge in [-0.05, 0) is 51.3 Å². The second kappa shape index (κ2) is 10.4. The lowest BCUT2D eigenvalue weighted by Crippen LogP contribution is -2.10. The van der Waals surface area contributed by atoms with Crippen LogP contribution in [0.2, 0.25) is 0 Å². The SMILES string of the molecule is COc1ccc(CN/N=C/c2cc(Br)c(OCC(=O)O)c(OC)c2)cc1OC. The van der Waals surface area contributed by atoms with Crippen molar-refractivity contribution in [3.8, 4) is 23.0 Å². The molecule has 2 N–H and O–H groups in total. The first-order valence-corrected chi connectivity index (χ1v) is 8.96. The lowest BCUT2D eigenvalue weighted by atomic mass is 10.2. The monoisotopic (exact) mass is 452 g/mol. The molecule has 0 radical (unpaired) electrons. The van der Waals surface area contributed by atoms with E-state index in [1.165, 1.54) is 7.11 Å². The number of ether oxygens (including phenoxy) is 4. The quantitative estimate of drug-likeness (QED) is 0.422. The molecule has 0 amide bonds. The maximum absolute atomic E-state index is 10.7. The van der Waals surface area contributed by atoms with Crippen molar-refractivity contribution in [3.63, 3.8) is 0 Å². The molecule has 0 aromatic heterocycles. The summed E-state index contributed by atoms with van der Waals surface area (Å²) in [7, 11) is 4.65. The van der Waals surface area contributed by atoms with Crippen molar-refractivity contribution in [2.24, 2.45) is 5.10 Å². The summed E-state index contributed by atoms with van der Waals surface area (Å²) in [6.07, 6.45) is 1.62. The van der Waals surface area contributed by atoms with Crippen molar-refractivity contribution in [1.29, 1.82) is 0 Å². The molecule has 0 atom stereocenters.